The van der Waals surface area contributed by atoms with Crippen LogP contribution in [0.3, 0.4) is 0 Å². The first kappa shape index (κ1) is 24.2. The van der Waals surface area contributed by atoms with Crippen molar-refractivity contribution in [3.8, 4) is 5.75 Å². The number of nitrogens with one attached hydrogen (secondary N) is 1. The normalized spacial score (nSPS) is 11.6. The Kier molecular flexibility index (Phi) is 8.01. The lowest BCUT2D eigenvalue weighted by Crippen LogP contribution is -2.23. The Morgan fingerprint density at radius 3 is 2.85 bits per heavy atom. The Labute approximate surface area is 197 Å². The largest absolute Gasteiger partial charge is 0.483 e. The zero-order chi connectivity index (χ0) is 24.0. The van der Waals surface area contributed by atoms with E-state index in [9.17, 15) is 19.3 Å². The molecule has 0 unspecified atom stereocenters. The van der Waals surface area contributed by atoms with Crippen LogP contribution in [-0.4, -0.2) is 30.8 Å². The summed E-state index contributed by atoms with van der Waals surface area (Å²) < 4.78 is 21.0. The molecule has 0 spiro atoms. The van der Waals surface area contributed by atoms with Crippen molar-refractivity contribution in [3.05, 3.63) is 81.9 Å². The summed E-state index contributed by atoms with van der Waals surface area (Å²) in [5.41, 5.74) is -0.0601. The van der Waals surface area contributed by atoms with E-state index in [1.807, 2.05) is 0 Å². The summed E-state index contributed by atoms with van der Waals surface area (Å²) in [5.74, 6) is -0.414. The molecule has 0 radical (unpaired) electrons. The number of hydrogen-bond donors (Lipinski definition) is 1. The number of nitro benzene ring substituents is 1. The van der Waals surface area contributed by atoms with Crippen molar-refractivity contribution in [1.82, 2.24) is 14.8 Å². The van der Waals surface area contributed by atoms with Crippen molar-refractivity contribution >= 4 is 40.6 Å². The van der Waals surface area contributed by atoms with Crippen LogP contribution >= 0.6 is 23.4 Å². The minimum absolute atomic E-state index is 0.0355. The number of rotatable bonds is 10. The average molecular weight is 492 g/mol. The van der Waals surface area contributed by atoms with Gasteiger partial charge in [-0.15, -0.1) is 16.8 Å². The zero-order valence-electron chi connectivity index (χ0n) is 17.4. The number of halogens is 2. The standard InChI is InChI=1S/C21H19ClFN5O4S/c1-3-10-27-19(12-32-18-7-5-4-6-16(18)23)25-26-21(27)33-13(2)20(29)24-17-11-14(28(30)31)8-9-15(17)22/h3-9,11,13H,1,10,12H2,2H3,(H,24,29)/t13-/m1/s1. The first-order valence-electron chi connectivity index (χ1n) is 9.62. The maximum atomic E-state index is 13.8. The van der Waals surface area contributed by atoms with Crippen LogP contribution in [0.15, 0.2) is 60.3 Å². The van der Waals surface area contributed by atoms with E-state index in [0.717, 1.165) is 11.8 Å². The second-order valence-corrected chi connectivity index (χ2v) is 8.40. The van der Waals surface area contributed by atoms with Gasteiger partial charge in [-0.2, -0.15) is 0 Å². The first-order valence-corrected chi connectivity index (χ1v) is 10.9. The van der Waals surface area contributed by atoms with Gasteiger partial charge in [-0.25, -0.2) is 4.39 Å². The summed E-state index contributed by atoms with van der Waals surface area (Å²) in [6, 6.07) is 9.79. The molecule has 0 aliphatic rings. The number of benzene rings is 2. The molecule has 3 rings (SSSR count). The van der Waals surface area contributed by atoms with E-state index in [0.29, 0.717) is 17.5 Å². The van der Waals surface area contributed by atoms with Gasteiger partial charge in [0.05, 0.1) is 20.9 Å². The van der Waals surface area contributed by atoms with Gasteiger partial charge in [-0.05, 0) is 25.1 Å². The van der Waals surface area contributed by atoms with E-state index in [1.54, 1.807) is 29.7 Å². The molecule has 1 N–H and O–H groups in total. The van der Waals surface area contributed by atoms with Crippen molar-refractivity contribution in [2.45, 2.75) is 30.5 Å². The van der Waals surface area contributed by atoms with Gasteiger partial charge in [0.1, 0.15) is 6.61 Å². The number of aromatic nitrogens is 3. The van der Waals surface area contributed by atoms with Gasteiger partial charge >= 0.3 is 0 Å². The molecular weight excluding hydrogens is 473 g/mol. The molecule has 1 atom stereocenters. The highest BCUT2D eigenvalue weighted by atomic mass is 35.5. The van der Waals surface area contributed by atoms with Crippen LogP contribution in [0, 0.1) is 15.9 Å². The van der Waals surface area contributed by atoms with E-state index >= 15 is 0 Å². The number of nitrogens with zero attached hydrogens (tertiary/aromatic N) is 4. The summed E-state index contributed by atoms with van der Waals surface area (Å²) in [6.45, 7) is 5.67. The molecule has 0 aliphatic heterocycles. The molecule has 0 fully saturated rings. The molecule has 0 saturated carbocycles. The van der Waals surface area contributed by atoms with E-state index in [1.165, 1.54) is 30.3 Å². The van der Waals surface area contributed by atoms with Gasteiger partial charge in [0.2, 0.25) is 5.91 Å². The van der Waals surface area contributed by atoms with Gasteiger partial charge in [0.15, 0.2) is 22.5 Å². The van der Waals surface area contributed by atoms with Crippen LogP contribution in [0.2, 0.25) is 5.02 Å². The van der Waals surface area contributed by atoms with Crippen molar-refractivity contribution in [2.24, 2.45) is 0 Å². The summed E-state index contributed by atoms with van der Waals surface area (Å²) in [5, 5.41) is 21.7. The lowest BCUT2D eigenvalue weighted by molar-refractivity contribution is -0.384. The van der Waals surface area contributed by atoms with Crippen molar-refractivity contribution in [2.75, 3.05) is 5.32 Å². The number of ether oxygens (including phenoxy) is 1. The van der Waals surface area contributed by atoms with E-state index in [-0.39, 0.29) is 28.8 Å². The number of para-hydroxylation sites is 1. The van der Waals surface area contributed by atoms with Crippen molar-refractivity contribution in [3.63, 3.8) is 0 Å². The lowest BCUT2D eigenvalue weighted by atomic mass is 10.2. The van der Waals surface area contributed by atoms with Crippen LogP contribution in [0.25, 0.3) is 0 Å². The van der Waals surface area contributed by atoms with Gasteiger partial charge in [-0.3, -0.25) is 19.5 Å². The molecule has 0 bridgehead atoms. The topological polar surface area (TPSA) is 112 Å². The van der Waals surface area contributed by atoms with E-state index in [4.69, 9.17) is 16.3 Å². The number of hydrogen-bond acceptors (Lipinski definition) is 7. The molecule has 2 aromatic carbocycles. The zero-order valence-corrected chi connectivity index (χ0v) is 19.0. The van der Waals surface area contributed by atoms with Crippen molar-refractivity contribution < 1.29 is 18.8 Å². The van der Waals surface area contributed by atoms with Crippen LogP contribution in [0.1, 0.15) is 12.7 Å². The molecule has 3 aromatic rings. The number of carbonyl (C=O) groups is 1. The molecule has 0 saturated heterocycles. The Bertz CT molecular complexity index is 1190. The first-order chi connectivity index (χ1) is 15.8. The highest BCUT2D eigenvalue weighted by Gasteiger charge is 2.22. The number of carbonyl (C=O) groups excluding carboxylic acids is 1. The molecule has 9 nitrogen and oxygen atoms in total. The maximum Gasteiger partial charge on any atom is 0.271 e. The van der Waals surface area contributed by atoms with Gasteiger partial charge in [0.25, 0.3) is 5.69 Å². The van der Waals surface area contributed by atoms with E-state index in [2.05, 4.69) is 22.1 Å². The fourth-order valence-electron chi connectivity index (χ4n) is 2.70. The fourth-order valence-corrected chi connectivity index (χ4v) is 3.74. The quantitative estimate of drug-likeness (QED) is 0.186. The molecule has 1 heterocycles. The highest BCUT2D eigenvalue weighted by Crippen LogP contribution is 2.29. The predicted molar refractivity (Wildman–Crippen MR) is 123 cm³/mol. The van der Waals surface area contributed by atoms with Gasteiger partial charge in [-0.1, -0.05) is 41.6 Å². The number of amides is 1. The Hall–Kier alpha value is -3.44. The summed E-state index contributed by atoms with van der Waals surface area (Å²) in [7, 11) is 0. The number of non-ortho nitro benzene ring substituents is 1. The second-order valence-electron chi connectivity index (χ2n) is 6.69. The maximum absolute atomic E-state index is 13.8. The Balaban J connectivity index is 1.71. The monoisotopic (exact) mass is 491 g/mol. The molecular formula is C21H19ClFN5O4S. The minimum atomic E-state index is -0.645. The second kappa shape index (κ2) is 10.9. The fraction of sp³-hybridized carbons (Fsp3) is 0.190. The molecule has 33 heavy (non-hydrogen) atoms. The third-order valence-electron chi connectivity index (χ3n) is 4.37. The number of anilines is 1. The Morgan fingerprint density at radius 2 is 2.15 bits per heavy atom. The molecule has 12 heteroatoms. The SMILES string of the molecule is C=CCn1c(COc2ccccc2F)nnc1S[C@H](C)C(=O)Nc1cc([N+](=O)[O-])ccc1Cl. The summed E-state index contributed by atoms with van der Waals surface area (Å²) in [6.07, 6.45) is 1.63. The van der Waals surface area contributed by atoms with Crippen LogP contribution in [0.5, 0.6) is 5.75 Å². The number of allylic oxidation sites excluding steroid dienone is 1. The highest BCUT2D eigenvalue weighted by molar-refractivity contribution is 8.00. The van der Waals surface area contributed by atoms with Crippen LogP contribution < -0.4 is 10.1 Å². The van der Waals surface area contributed by atoms with Crippen LogP contribution in [0.4, 0.5) is 15.8 Å². The summed E-state index contributed by atoms with van der Waals surface area (Å²) in [4.78, 5) is 23.1. The molecule has 1 aromatic heterocycles. The van der Waals surface area contributed by atoms with Crippen LogP contribution in [-0.2, 0) is 17.9 Å². The Morgan fingerprint density at radius 1 is 1.39 bits per heavy atom. The summed E-state index contributed by atoms with van der Waals surface area (Å²) >= 11 is 7.18. The lowest BCUT2D eigenvalue weighted by Gasteiger charge is -2.14. The third kappa shape index (κ3) is 6.08. The minimum Gasteiger partial charge on any atom is -0.483 e. The predicted octanol–water partition coefficient (Wildman–Crippen LogP) is 4.86. The smallest absolute Gasteiger partial charge is 0.271 e. The van der Waals surface area contributed by atoms with Gasteiger partial charge in [0, 0.05) is 18.7 Å². The number of thioether (sulfide) groups is 1. The molecule has 0 aliphatic carbocycles. The van der Waals surface area contributed by atoms with Gasteiger partial charge < -0.3 is 10.1 Å². The van der Waals surface area contributed by atoms with E-state index < -0.39 is 21.9 Å². The van der Waals surface area contributed by atoms with Crippen molar-refractivity contribution in [1.29, 1.82) is 0 Å². The third-order valence-corrected chi connectivity index (χ3v) is 5.78. The average Bonchev–Trinajstić information content (AvgIpc) is 3.15. The number of nitro groups is 1. The molecule has 1 amide bonds. The molecule has 172 valence electrons.